The smallest absolute Gasteiger partial charge is 0.216 e. The van der Waals surface area contributed by atoms with E-state index in [4.69, 9.17) is 18.9 Å². The first-order valence-electron chi connectivity index (χ1n) is 9.12. The van der Waals surface area contributed by atoms with Crippen LogP contribution in [0.25, 0.3) is 0 Å². The number of fused-ring (bicyclic) bond motifs is 1. The Morgan fingerprint density at radius 2 is 1.93 bits per heavy atom. The van der Waals surface area contributed by atoms with E-state index in [1.807, 2.05) is 12.1 Å². The van der Waals surface area contributed by atoms with Crippen LogP contribution in [0.5, 0.6) is 11.5 Å². The molecule has 0 aliphatic carbocycles. The minimum atomic E-state index is -3.64. The van der Waals surface area contributed by atoms with Gasteiger partial charge < -0.3 is 24.2 Å². The third-order valence-electron chi connectivity index (χ3n) is 5.11. The van der Waals surface area contributed by atoms with Crippen molar-refractivity contribution in [3.8, 4) is 11.5 Å². The highest BCUT2D eigenvalue weighted by Crippen LogP contribution is 2.34. The van der Waals surface area contributed by atoms with Crippen LogP contribution in [0.3, 0.4) is 0 Å². The average molecular weight is 416 g/mol. The maximum atomic E-state index is 13.0. The van der Waals surface area contributed by atoms with Crippen LogP contribution >= 0.6 is 0 Å². The number of nitrogens with zero attached hydrogens (tertiary/aromatic N) is 1. The van der Waals surface area contributed by atoms with Gasteiger partial charge in [0.15, 0.2) is 17.3 Å². The van der Waals surface area contributed by atoms with Crippen molar-refractivity contribution in [3.63, 3.8) is 0 Å². The molecular formula is C18H28N2O7S. The van der Waals surface area contributed by atoms with Crippen molar-refractivity contribution in [1.82, 2.24) is 9.79 Å². The Morgan fingerprint density at radius 1 is 1.29 bits per heavy atom. The lowest BCUT2D eigenvalue weighted by atomic mass is 10.0. The number of ether oxygens (including phenoxy) is 4. The predicted molar refractivity (Wildman–Crippen MR) is 101 cm³/mol. The largest absolute Gasteiger partial charge is 0.493 e. The molecule has 2 aliphatic heterocycles. The molecule has 1 aromatic rings. The van der Waals surface area contributed by atoms with E-state index in [2.05, 4.69) is 5.48 Å². The summed E-state index contributed by atoms with van der Waals surface area (Å²) < 4.78 is 49.2. The summed E-state index contributed by atoms with van der Waals surface area (Å²) in [5, 5.41) is 9.50. The number of benzene rings is 1. The average Bonchev–Trinajstić information content (AvgIpc) is 3.04. The zero-order valence-corrected chi connectivity index (χ0v) is 17.4. The third kappa shape index (κ3) is 4.42. The fourth-order valence-electron chi connectivity index (χ4n) is 3.57. The van der Waals surface area contributed by atoms with E-state index in [0.717, 1.165) is 11.1 Å². The zero-order valence-electron chi connectivity index (χ0n) is 16.6. The van der Waals surface area contributed by atoms with Gasteiger partial charge in [0, 0.05) is 13.1 Å². The molecule has 1 fully saturated rings. The maximum Gasteiger partial charge on any atom is 0.216 e. The lowest BCUT2D eigenvalue weighted by Crippen LogP contribution is -2.49. The molecule has 1 aromatic carbocycles. The SMILES string of the molecule is COc1cc2c(cc1OC)CN(S(=O)(=O)CC(NO)[C@@H]1COC(C)(C)O1)CC2. The van der Waals surface area contributed by atoms with Crippen LogP contribution in [0, 0.1) is 0 Å². The maximum absolute atomic E-state index is 13.0. The second-order valence-corrected chi connectivity index (χ2v) is 9.45. The molecule has 0 saturated carbocycles. The van der Waals surface area contributed by atoms with Crippen molar-refractivity contribution < 1.29 is 32.6 Å². The topological polar surface area (TPSA) is 107 Å². The van der Waals surface area contributed by atoms with Crippen LogP contribution in [0.4, 0.5) is 0 Å². The quantitative estimate of drug-likeness (QED) is 0.631. The lowest BCUT2D eigenvalue weighted by molar-refractivity contribution is -0.144. The van der Waals surface area contributed by atoms with Crippen molar-refractivity contribution in [2.24, 2.45) is 0 Å². The van der Waals surface area contributed by atoms with E-state index in [0.29, 0.717) is 24.5 Å². The number of nitrogens with one attached hydrogen (secondary N) is 1. The Morgan fingerprint density at radius 3 is 2.46 bits per heavy atom. The molecule has 10 heteroatoms. The summed E-state index contributed by atoms with van der Waals surface area (Å²) >= 11 is 0. The summed E-state index contributed by atoms with van der Waals surface area (Å²) in [5.74, 6) is 0.0941. The van der Waals surface area contributed by atoms with Crippen molar-refractivity contribution in [3.05, 3.63) is 23.3 Å². The van der Waals surface area contributed by atoms with E-state index < -0.39 is 28.0 Å². The van der Waals surface area contributed by atoms with Crippen molar-refractivity contribution in [1.29, 1.82) is 0 Å². The van der Waals surface area contributed by atoms with Crippen molar-refractivity contribution in [2.45, 2.75) is 44.7 Å². The van der Waals surface area contributed by atoms with Crippen LogP contribution < -0.4 is 15.0 Å². The van der Waals surface area contributed by atoms with Gasteiger partial charge in [-0.15, -0.1) is 0 Å². The van der Waals surface area contributed by atoms with Crippen molar-refractivity contribution >= 4 is 10.0 Å². The number of methoxy groups -OCH3 is 2. The molecule has 1 unspecified atom stereocenters. The molecule has 2 atom stereocenters. The van der Waals surface area contributed by atoms with E-state index in [9.17, 15) is 13.6 Å². The molecule has 1 saturated heterocycles. The molecule has 0 amide bonds. The second-order valence-electron chi connectivity index (χ2n) is 7.44. The molecule has 158 valence electrons. The summed E-state index contributed by atoms with van der Waals surface area (Å²) in [6, 6.07) is 2.91. The van der Waals surface area contributed by atoms with Gasteiger partial charge in [0.05, 0.1) is 32.6 Å². The Hall–Kier alpha value is -1.43. The molecule has 28 heavy (non-hydrogen) atoms. The van der Waals surface area contributed by atoms with Gasteiger partial charge in [-0.1, -0.05) is 0 Å². The highest BCUT2D eigenvalue weighted by Gasteiger charge is 2.40. The molecule has 0 radical (unpaired) electrons. The normalized spacial score (nSPS) is 23.2. The predicted octanol–water partition coefficient (Wildman–Crippen LogP) is 0.891. The molecule has 0 bridgehead atoms. The number of hydrogen-bond donors (Lipinski definition) is 2. The molecule has 0 aromatic heterocycles. The minimum absolute atomic E-state index is 0.209. The lowest BCUT2D eigenvalue weighted by Gasteiger charge is -2.31. The second kappa shape index (κ2) is 8.13. The molecule has 2 aliphatic rings. The van der Waals surface area contributed by atoms with Gasteiger partial charge in [0.1, 0.15) is 6.10 Å². The van der Waals surface area contributed by atoms with E-state index >= 15 is 0 Å². The standard InChI is InChI=1S/C18H28N2O7S/c1-18(2)26-10-17(27-18)14(19-21)11-28(22,23)20-6-5-12-7-15(24-3)16(25-4)8-13(12)9-20/h7-8,14,17,19,21H,5-6,9-11H2,1-4H3/t14?,17-/m0/s1. The number of hydroxylamine groups is 1. The van der Waals surface area contributed by atoms with Crippen LogP contribution in [0.2, 0.25) is 0 Å². The Balaban J connectivity index is 1.74. The fraction of sp³-hybridized carbons (Fsp3) is 0.667. The monoisotopic (exact) mass is 416 g/mol. The van der Waals surface area contributed by atoms with Crippen LogP contribution in [-0.4, -0.2) is 69.0 Å². The Kier molecular flexibility index (Phi) is 6.18. The number of hydrogen-bond acceptors (Lipinski definition) is 8. The number of rotatable bonds is 7. The van der Waals surface area contributed by atoms with Crippen LogP contribution in [0.1, 0.15) is 25.0 Å². The fourth-order valence-corrected chi connectivity index (χ4v) is 5.23. The first-order valence-corrected chi connectivity index (χ1v) is 10.7. The molecule has 2 N–H and O–H groups in total. The zero-order chi connectivity index (χ0) is 20.5. The highest BCUT2D eigenvalue weighted by atomic mass is 32.2. The Labute approximate surface area is 165 Å². The van der Waals surface area contributed by atoms with Gasteiger partial charge in [-0.05, 0) is 43.5 Å². The first kappa shape index (κ1) is 21.3. The molecule has 2 heterocycles. The van der Waals surface area contributed by atoms with Crippen LogP contribution in [-0.2, 0) is 32.5 Å². The summed E-state index contributed by atoms with van der Waals surface area (Å²) in [7, 11) is -0.527. The molecular weight excluding hydrogens is 388 g/mol. The minimum Gasteiger partial charge on any atom is -0.493 e. The molecule has 3 rings (SSSR count). The summed E-state index contributed by atoms with van der Waals surface area (Å²) in [4.78, 5) is 0. The van der Waals surface area contributed by atoms with E-state index in [-0.39, 0.29) is 18.9 Å². The van der Waals surface area contributed by atoms with E-state index in [1.54, 1.807) is 28.1 Å². The van der Waals surface area contributed by atoms with Gasteiger partial charge in [0.25, 0.3) is 0 Å². The van der Waals surface area contributed by atoms with Gasteiger partial charge in [0.2, 0.25) is 10.0 Å². The summed E-state index contributed by atoms with van der Waals surface area (Å²) in [6.07, 6.45) is 0.0126. The third-order valence-corrected chi connectivity index (χ3v) is 6.99. The summed E-state index contributed by atoms with van der Waals surface area (Å²) in [6.45, 7) is 4.30. The first-order chi connectivity index (χ1) is 13.2. The Bertz CT molecular complexity index is 812. The van der Waals surface area contributed by atoms with E-state index in [1.165, 1.54) is 4.31 Å². The van der Waals surface area contributed by atoms with Crippen molar-refractivity contribution in [2.75, 3.05) is 33.1 Å². The van der Waals surface area contributed by atoms with Gasteiger partial charge in [-0.2, -0.15) is 9.79 Å². The number of sulfonamides is 1. The van der Waals surface area contributed by atoms with Gasteiger partial charge in [-0.3, -0.25) is 0 Å². The molecule has 9 nitrogen and oxygen atoms in total. The van der Waals surface area contributed by atoms with Gasteiger partial charge >= 0.3 is 0 Å². The van der Waals surface area contributed by atoms with Crippen LogP contribution in [0.15, 0.2) is 12.1 Å². The van der Waals surface area contributed by atoms with Gasteiger partial charge in [-0.25, -0.2) is 8.42 Å². The highest BCUT2D eigenvalue weighted by molar-refractivity contribution is 7.89. The summed E-state index contributed by atoms with van der Waals surface area (Å²) in [5.41, 5.74) is 4.00. The molecule has 0 spiro atoms.